The SMILES string of the molecule is c1ccc2c(c1)sc1c(-c3ccc4c(c3)c3ccccc3n4-c3ccc4c(c3)c3cccc5c6ccccc6c6cccc4c6c53)cccc12. The van der Waals surface area contributed by atoms with Crippen LogP contribution in [0.5, 0.6) is 0 Å². The van der Waals surface area contributed by atoms with E-state index < -0.39 is 0 Å². The van der Waals surface area contributed by atoms with Gasteiger partial charge in [-0.15, -0.1) is 11.3 Å². The number of hydrogen-bond acceptors (Lipinski definition) is 1. The molecule has 230 valence electrons. The number of para-hydroxylation sites is 1. The molecule has 2 heteroatoms. The molecule has 0 atom stereocenters. The molecule has 1 nitrogen and oxygen atoms in total. The maximum atomic E-state index is 2.46. The van der Waals surface area contributed by atoms with Crippen LogP contribution in [-0.4, -0.2) is 4.57 Å². The molecule has 12 aromatic rings. The lowest BCUT2D eigenvalue weighted by atomic mass is 9.86. The first-order valence-corrected chi connectivity index (χ1v) is 18.1. The van der Waals surface area contributed by atoms with E-state index in [-0.39, 0.29) is 0 Å². The molecule has 0 saturated carbocycles. The molecule has 2 aromatic heterocycles. The van der Waals surface area contributed by atoms with Crippen molar-refractivity contribution >= 4 is 107 Å². The summed E-state index contributed by atoms with van der Waals surface area (Å²) in [7, 11) is 0. The second-order valence-electron chi connectivity index (χ2n) is 13.6. The van der Waals surface area contributed by atoms with E-state index in [0.717, 1.165) is 0 Å². The van der Waals surface area contributed by atoms with Gasteiger partial charge in [0.2, 0.25) is 0 Å². The Balaban J connectivity index is 1.14. The molecule has 0 amide bonds. The van der Waals surface area contributed by atoms with Crippen LogP contribution in [0.3, 0.4) is 0 Å². The van der Waals surface area contributed by atoms with Crippen molar-refractivity contribution < 1.29 is 0 Å². The van der Waals surface area contributed by atoms with Gasteiger partial charge in [0, 0.05) is 36.6 Å². The van der Waals surface area contributed by atoms with Crippen molar-refractivity contribution in [2.45, 2.75) is 0 Å². The van der Waals surface area contributed by atoms with Crippen molar-refractivity contribution in [1.29, 1.82) is 0 Å². The zero-order chi connectivity index (χ0) is 32.5. The molecule has 2 heterocycles. The predicted molar refractivity (Wildman–Crippen MR) is 218 cm³/mol. The van der Waals surface area contributed by atoms with E-state index >= 15 is 0 Å². The van der Waals surface area contributed by atoms with Gasteiger partial charge in [-0.3, -0.25) is 0 Å². The van der Waals surface area contributed by atoms with Crippen molar-refractivity contribution in [2.24, 2.45) is 0 Å². The summed E-state index contributed by atoms with van der Waals surface area (Å²) in [4.78, 5) is 0. The van der Waals surface area contributed by atoms with Crippen LogP contribution < -0.4 is 0 Å². The first-order valence-electron chi connectivity index (χ1n) is 17.3. The van der Waals surface area contributed by atoms with Crippen LogP contribution in [0, 0.1) is 0 Å². The Morgan fingerprint density at radius 1 is 0.340 bits per heavy atom. The van der Waals surface area contributed by atoms with Gasteiger partial charge in [0.1, 0.15) is 0 Å². The molecule has 0 aliphatic carbocycles. The molecule has 0 unspecified atom stereocenters. The summed E-state index contributed by atoms with van der Waals surface area (Å²) in [6.07, 6.45) is 0. The summed E-state index contributed by atoms with van der Waals surface area (Å²) < 4.78 is 5.15. The second kappa shape index (κ2) is 9.69. The molecule has 0 aliphatic rings. The lowest BCUT2D eigenvalue weighted by Crippen LogP contribution is -1.95. The van der Waals surface area contributed by atoms with Crippen LogP contribution in [0.2, 0.25) is 0 Å². The minimum atomic E-state index is 1.18. The fraction of sp³-hybridized carbons (Fsp3) is 0. The highest BCUT2D eigenvalue weighted by atomic mass is 32.1. The molecule has 12 rings (SSSR count). The quantitative estimate of drug-likeness (QED) is 0.130. The smallest absolute Gasteiger partial charge is 0.0541 e. The Hall–Kier alpha value is -6.22. The Kier molecular flexibility index (Phi) is 5.18. The van der Waals surface area contributed by atoms with Crippen molar-refractivity contribution in [1.82, 2.24) is 4.57 Å². The molecule has 50 heavy (non-hydrogen) atoms. The number of nitrogens with zero attached hydrogens (tertiary/aromatic N) is 1. The second-order valence-corrected chi connectivity index (χ2v) is 14.6. The Morgan fingerprint density at radius 2 is 0.900 bits per heavy atom. The largest absolute Gasteiger partial charge is 0.309 e. The monoisotopic (exact) mass is 649 g/mol. The van der Waals surface area contributed by atoms with Gasteiger partial charge in [-0.1, -0.05) is 127 Å². The first kappa shape index (κ1) is 26.7. The molecule has 0 bridgehead atoms. The van der Waals surface area contributed by atoms with E-state index in [1.807, 2.05) is 11.3 Å². The van der Waals surface area contributed by atoms with Crippen LogP contribution in [0.25, 0.3) is 113 Å². The van der Waals surface area contributed by atoms with Crippen molar-refractivity contribution in [3.8, 4) is 16.8 Å². The standard InChI is InChI=1S/C48H27NS/c1-2-11-32-31(10-1)36-15-8-17-38-33-24-23-29(27-41(33)39-18-9-16-37(32)47(39)46(36)38)49-43-20-5-3-12-34(43)42-26-28(22-25-44(42)49)30-14-7-19-40-35-13-4-6-21-45(35)50-48(30)40/h1-27H. The maximum Gasteiger partial charge on any atom is 0.0541 e. The highest BCUT2D eigenvalue weighted by Gasteiger charge is 2.19. The van der Waals surface area contributed by atoms with E-state index in [1.165, 1.54) is 113 Å². The van der Waals surface area contributed by atoms with Crippen LogP contribution in [0.4, 0.5) is 0 Å². The minimum Gasteiger partial charge on any atom is -0.309 e. The molecule has 10 aromatic carbocycles. The number of aromatic nitrogens is 1. The molecule has 0 fully saturated rings. The molecule has 0 saturated heterocycles. The maximum absolute atomic E-state index is 2.46. The summed E-state index contributed by atoms with van der Waals surface area (Å²) in [6.45, 7) is 0. The predicted octanol–water partition coefficient (Wildman–Crippen LogP) is 14.0. The highest BCUT2D eigenvalue weighted by molar-refractivity contribution is 7.26. The molecule has 0 radical (unpaired) electrons. The van der Waals surface area contributed by atoms with E-state index in [4.69, 9.17) is 0 Å². The number of hydrogen-bond donors (Lipinski definition) is 0. The van der Waals surface area contributed by atoms with Crippen molar-refractivity contribution in [2.75, 3.05) is 0 Å². The third kappa shape index (κ3) is 3.41. The number of fused-ring (bicyclic) bond motifs is 12. The molecule has 0 aliphatic heterocycles. The molecular formula is C48H27NS. The Morgan fingerprint density at radius 3 is 1.66 bits per heavy atom. The molecule has 0 spiro atoms. The Bertz CT molecular complexity index is 3380. The van der Waals surface area contributed by atoms with Crippen molar-refractivity contribution in [3.05, 3.63) is 164 Å². The van der Waals surface area contributed by atoms with Gasteiger partial charge in [-0.05, 0) is 101 Å². The van der Waals surface area contributed by atoms with Gasteiger partial charge in [-0.25, -0.2) is 0 Å². The van der Waals surface area contributed by atoms with Crippen LogP contribution in [0.15, 0.2) is 164 Å². The molecular weight excluding hydrogens is 623 g/mol. The van der Waals surface area contributed by atoms with Gasteiger partial charge in [0.05, 0.1) is 11.0 Å². The van der Waals surface area contributed by atoms with Gasteiger partial charge in [-0.2, -0.15) is 0 Å². The van der Waals surface area contributed by atoms with Crippen LogP contribution in [-0.2, 0) is 0 Å². The van der Waals surface area contributed by atoms with E-state index in [9.17, 15) is 0 Å². The summed E-state index contributed by atoms with van der Waals surface area (Å²) in [5.74, 6) is 0. The van der Waals surface area contributed by atoms with E-state index in [2.05, 4.69) is 168 Å². The normalized spacial score (nSPS) is 12.4. The zero-order valence-electron chi connectivity index (χ0n) is 26.9. The van der Waals surface area contributed by atoms with E-state index in [1.54, 1.807) is 0 Å². The van der Waals surface area contributed by atoms with Gasteiger partial charge in [0.25, 0.3) is 0 Å². The van der Waals surface area contributed by atoms with Crippen LogP contribution in [0.1, 0.15) is 0 Å². The van der Waals surface area contributed by atoms with E-state index in [0.29, 0.717) is 0 Å². The highest BCUT2D eigenvalue weighted by Crippen LogP contribution is 2.46. The Labute approximate surface area is 291 Å². The number of thiophene rings is 1. The van der Waals surface area contributed by atoms with Gasteiger partial charge in [0.15, 0.2) is 0 Å². The molecule has 0 N–H and O–H groups in total. The third-order valence-electron chi connectivity index (χ3n) is 11.1. The zero-order valence-corrected chi connectivity index (χ0v) is 27.8. The lowest BCUT2D eigenvalue weighted by molar-refractivity contribution is 1.19. The fourth-order valence-electron chi connectivity index (χ4n) is 9.02. The fourth-order valence-corrected chi connectivity index (χ4v) is 10.3. The lowest BCUT2D eigenvalue weighted by Gasteiger charge is -2.18. The van der Waals surface area contributed by atoms with Gasteiger partial charge < -0.3 is 4.57 Å². The van der Waals surface area contributed by atoms with Crippen LogP contribution >= 0.6 is 11.3 Å². The summed E-state index contributed by atoms with van der Waals surface area (Å²) in [6, 6.07) is 61.1. The summed E-state index contributed by atoms with van der Waals surface area (Å²) >= 11 is 1.89. The number of benzene rings is 10. The van der Waals surface area contributed by atoms with Gasteiger partial charge >= 0.3 is 0 Å². The summed E-state index contributed by atoms with van der Waals surface area (Å²) in [5, 5.41) is 18.5. The summed E-state index contributed by atoms with van der Waals surface area (Å²) in [5.41, 5.74) is 6.18. The average Bonchev–Trinajstić information content (AvgIpc) is 3.73. The average molecular weight is 650 g/mol. The minimum absolute atomic E-state index is 1.18. The number of rotatable bonds is 2. The third-order valence-corrected chi connectivity index (χ3v) is 12.3. The van der Waals surface area contributed by atoms with Crippen molar-refractivity contribution in [3.63, 3.8) is 0 Å². The topological polar surface area (TPSA) is 4.93 Å². The first-order chi connectivity index (χ1) is 24.8.